The Balaban J connectivity index is 3.86. The predicted octanol–water partition coefficient (Wildman–Crippen LogP) is -2.24. The van der Waals surface area contributed by atoms with E-state index in [-0.39, 0.29) is 5.84 Å². The highest BCUT2D eigenvalue weighted by Crippen LogP contribution is 2.33. The van der Waals surface area contributed by atoms with Crippen LogP contribution in [0.1, 0.15) is 0 Å². The summed E-state index contributed by atoms with van der Waals surface area (Å²) in [7, 11) is -4.04. The third-order valence-electron chi connectivity index (χ3n) is 0.841. The zero-order chi connectivity index (χ0) is 8.91. The lowest BCUT2D eigenvalue weighted by Crippen LogP contribution is -2.51. The van der Waals surface area contributed by atoms with Gasteiger partial charge in [0, 0.05) is 0 Å². The highest BCUT2D eigenvalue weighted by atomic mass is 31.2. The van der Waals surface area contributed by atoms with E-state index in [1.165, 1.54) is 0 Å². The van der Waals surface area contributed by atoms with Crippen LogP contribution in [0.25, 0.3) is 0 Å². The van der Waals surface area contributed by atoms with Gasteiger partial charge in [-0.25, -0.2) is 0 Å². The first-order valence-corrected chi connectivity index (χ1v) is 4.88. The molecule has 66 valence electrons. The fraction of sp³-hybridized carbons (Fsp3) is 0.750. The molecule has 0 spiro atoms. The second kappa shape index (κ2) is 4.46. The molecule has 11 heavy (non-hydrogen) atoms. The van der Waals surface area contributed by atoms with Crippen molar-refractivity contribution in [1.29, 1.82) is 0 Å². The van der Waals surface area contributed by atoms with Gasteiger partial charge in [0.15, 0.2) is 0 Å². The Kier molecular flexibility index (Phi) is 4.29. The summed E-state index contributed by atoms with van der Waals surface area (Å²) < 4.78 is 10.3. The highest BCUT2D eigenvalue weighted by Gasteiger charge is 2.14. The van der Waals surface area contributed by atoms with Crippen molar-refractivity contribution >= 4 is 13.4 Å². The molecule has 0 aliphatic rings. The smallest absolute Gasteiger partial charge is 0.333 e. The third-order valence-corrected chi connectivity index (χ3v) is 1.58. The Labute approximate surface area is 64.5 Å². The molecular weight excluding hydrogens is 169 g/mol. The van der Waals surface area contributed by atoms with Gasteiger partial charge in [-0.1, -0.05) is 0 Å². The maximum atomic E-state index is 10.3. The van der Waals surface area contributed by atoms with Crippen LogP contribution in [-0.2, 0) is 4.57 Å². The molecule has 0 saturated heterocycles. The van der Waals surface area contributed by atoms with E-state index in [1.807, 2.05) is 0 Å². The molecule has 0 bridgehead atoms. The number of nitrogens with zero attached hydrogens (tertiary/aromatic N) is 1. The Bertz CT molecular complexity index is 187. The number of hydrogen-bond donors (Lipinski definition) is 4. The minimum absolute atomic E-state index is 0.0121. The summed E-state index contributed by atoms with van der Waals surface area (Å²) in [5.41, 5.74) is 8.67. The van der Waals surface area contributed by atoms with Crippen molar-refractivity contribution in [2.75, 3.05) is 19.3 Å². The van der Waals surface area contributed by atoms with Gasteiger partial charge in [0.1, 0.15) is 12.0 Å². The maximum absolute atomic E-state index is 10.3. The van der Waals surface area contributed by atoms with E-state index in [9.17, 15) is 4.57 Å². The summed E-state index contributed by atoms with van der Waals surface area (Å²) in [5, 5.41) is 0. The highest BCUT2D eigenvalue weighted by molar-refractivity contribution is 7.52. The molecule has 0 rings (SSSR count). The first kappa shape index (κ1) is 10.6. The van der Waals surface area contributed by atoms with Gasteiger partial charge in [0.2, 0.25) is 0 Å². The molecule has 0 heterocycles. The minimum Gasteiger partial charge on any atom is -0.387 e. The van der Waals surface area contributed by atoms with Gasteiger partial charge in [-0.05, 0) is 0 Å². The number of nitrogens with two attached hydrogens (primary N) is 1. The quantitative estimate of drug-likeness (QED) is 0.223. The maximum Gasteiger partial charge on any atom is 0.333 e. The monoisotopic (exact) mass is 182 g/mol. The Morgan fingerprint density at radius 3 is 2.55 bits per heavy atom. The fourth-order valence-corrected chi connectivity index (χ4v) is 1.01. The van der Waals surface area contributed by atoms with Crippen LogP contribution in [0.15, 0.2) is 4.99 Å². The number of aliphatic imine (C=N–C) groups is 1. The van der Waals surface area contributed by atoms with Crippen LogP contribution < -0.4 is 11.5 Å². The van der Waals surface area contributed by atoms with E-state index in [4.69, 9.17) is 15.5 Å². The molecule has 0 fully saturated rings. The molecular formula is C4H13N3O3P+. The molecule has 6 nitrogen and oxygen atoms in total. The Morgan fingerprint density at radius 1 is 1.64 bits per heavy atom. The van der Waals surface area contributed by atoms with Gasteiger partial charge in [-0.2, -0.15) is 0 Å². The van der Waals surface area contributed by atoms with Gasteiger partial charge in [-0.15, -0.1) is 0 Å². The van der Waals surface area contributed by atoms with Gasteiger partial charge in [0.25, 0.3) is 0 Å². The number of amidine groups is 1. The number of hydrogen-bond acceptors (Lipinski definition) is 2. The van der Waals surface area contributed by atoms with E-state index in [0.717, 1.165) is 0 Å². The molecule has 0 unspecified atom stereocenters. The van der Waals surface area contributed by atoms with Gasteiger partial charge in [-0.3, -0.25) is 9.56 Å². The average molecular weight is 182 g/mol. The van der Waals surface area contributed by atoms with Crippen molar-refractivity contribution < 1.29 is 20.1 Å². The first-order chi connectivity index (χ1) is 4.95. The van der Waals surface area contributed by atoms with E-state index >= 15 is 0 Å². The van der Waals surface area contributed by atoms with Gasteiger partial charge < -0.3 is 21.3 Å². The van der Waals surface area contributed by atoms with Crippen molar-refractivity contribution in [2.24, 2.45) is 10.7 Å². The molecule has 7 heteroatoms. The molecule has 0 saturated carbocycles. The normalized spacial score (nSPS) is 13.5. The second-order valence-corrected chi connectivity index (χ2v) is 3.70. The lowest BCUT2D eigenvalue weighted by atomic mass is 10.6. The molecule has 7 N–H and O–H groups in total. The van der Waals surface area contributed by atoms with Crippen molar-refractivity contribution in [2.45, 2.75) is 0 Å². The zero-order valence-corrected chi connectivity index (χ0v) is 7.00. The molecule has 0 aliphatic heterocycles. The second-order valence-electron chi connectivity index (χ2n) is 2.05. The molecule has 0 aromatic carbocycles. The zero-order valence-electron chi connectivity index (χ0n) is 6.10. The molecule has 0 aliphatic carbocycles. The molecule has 0 atom stereocenters. The van der Waals surface area contributed by atoms with Crippen LogP contribution in [0.3, 0.4) is 0 Å². The summed E-state index contributed by atoms with van der Waals surface area (Å²) >= 11 is 0. The van der Waals surface area contributed by atoms with E-state index < -0.39 is 13.8 Å². The van der Waals surface area contributed by atoms with Crippen LogP contribution in [-0.4, -0.2) is 34.9 Å². The summed E-state index contributed by atoms with van der Waals surface area (Å²) in [6.07, 6.45) is -0.465. The lowest BCUT2D eigenvalue weighted by Gasteiger charge is -2.01. The van der Waals surface area contributed by atoms with Gasteiger partial charge in [0.05, 0.1) is 13.1 Å². The molecule has 0 amide bonds. The molecule has 0 aromatic rings. The van der Waals surface area contributed by atoms with Crippen LogP contribution in [0.2, 0.25) is 0 Å². The SMILES string of the molecule is NC(CP(=O)(O)O)=NCC[NH3+]. The summed E-state index contributed by atoms with van der Waals surface area (Å²) in [6.45, 7) is 0.980. The Morgan fingerprint density at radius 2 is 2.18 bits per heavy atom. The summed E-state index contributed by atoms with van der Waals surface area (Å²) in [5.74, 6) is -0.0121. The van der Waals surface area contributed by atoms with Crippen molar-refractivity contribution in [3.63, 3.8) is 0 Å². The molecule has 0 aromatic heterocycles. The first-order valence-electron chi connectivity index (χ1n) is 3.08. The van der Waals surface area contributed by atoms with Crippen LogP contribution >= 0.6 is 7.60 Å². The van der Waals surface area contributed by atoms with Crippen molar-refractivity contribution in [1.82, 2.24) is 0 Å². The molecule has 0 radical (unpaired) electrons. The van der Waals surface area contributed by atoms with Crippen molar-refractivity contribution in [3.05, 3.63) is 0 Å². The Hall–Kier alpha value is -0.420. The lowest BCUT2D eigenvalue weighted by molar-refractivity contribution is -0.363. The topological polar surface area (TPSA) is 124 Å². The summed E-state index contributed by atoms with van der Waals surface area (Å²) in [4.78, 5) is 20.5. The average Bonchev–Trinajstić information content (AvgIpc) is 1.79. The van der Waals surface area contributed by atoms with E-state index in [0.29, 0.717) is 13.1 Å². The standard InChI is InChI=1S/C4H12N3O3P/c5-1-2-7-4(6)3-11(8,9)10/h1-3,5H2,(H2,6,7)(H2,8,9,10)/p+1. The van der Waals surface area contributed by atoms with Crippen LogP contribution in [0, 0.1) is 0 Å². The largest absolute Gasteiger partial charge is 0.387 e. The minimum atomic E-state index is -4.04. The number of rotatable bonds is 4. The van der Waals surface area contributed by atoms with Gasteiger partial charge >= 0.3 is 7.60 Å². The fourth-order valence-electron chi connectivity index (χ4n) is 0.484. The summed E-state index contributed by atoms with van der Waals surface area (Å²) in [6, 6.07) is 0. The van der Waals surface area contributed by atoms with Crippen LogP contribution in [0.5, 0.6) is 0 Å². The predicted molar refractivity (Wildman–Crippen MR) is 41.2 cm³/mol. The van der Waals surface area contributed by atoms with Crippen molar-refractivity contribution in [3.8, 4) is 0 Å². The van der Waals surface area contributed by atoms with E-state index in [1.54, 1.807) is 0 Å². The van der Waals surface area contributed by atoms with E-state index in [2.05, 4.69) is 10.7 Å². The number of quaternary nitrogens is 1. The van der Waals surface area contributed by atoms with Crippen LogP contribution in [0.4, 0.5) is 0 Å². The third kappa shape index (κ3) is 7.48.